The highest BCUT2D eigenvalue weighted by molar-refractivity contribution is 6.31. The van der Waals surface area contributed by atoms with E-state index in [2.05, 4.69) is 15.0 Å². The average molecular weight is 289 g/mol. The molecule has 102 valence electrons. The first-order valence-corrected chi connectivity index (χ1v) is 6.45. The highest BCUT2D eigenvalue weighted by Crippen LogP contribution is 2.21. The summed E-state index contributed by atoms with van der Waals surface area (Å²) in [5, 5.41) is 0.678. The SMILES string of the molecule is NCc1ccc(Cn2cnc3c(N)ncnc32)c(Cl)c1. The summed E-state index contributed by atoms with van der Waals surface area (Å²) >= 11 is 6.26. The number of nitrogen functional groups attached to an aromatic ring is 1. The van der Waals surface area contributed by atoms with Gasteiger partial charge in [-0.15, -0.1) is 0 Å². The molecule has 2 aromatic heterocycles. The maximum absolute atomic E-state index is 6.26. The van der Waals surface area contributed by atoms with Crippen LogP contribution in [0.1, 0.15) is 11.1 Å². The van der Waals surface area contributed by atoms with Crippen molar-refractivity contribution in [3.05, 3.63) is 47.0 Å². The second-order valence-corrected chi connectivity index (χ2v) is 4.84. The Morgan fingerprint density at radius 1 is 1.20 bits per heavy atom. The molecule has 0 fully saturated rings. The number of aromatic nitrogens is 4. The van der Waals surface area contributed by atoms with Crippen LogP contribution in [0, 0.1) is 0 Å². The predicted octanol–water partition coefficient (Wildman–Crippen LogP) is 1.57. The quantitative estimate of drug-likeness (QED) is 0.762. The van der Waals surface area contributed by atoms with Gasteiger partial charge in [0, 0.05) is 11.6 Å². The molecule has 0 bridgehead atoms. The van der Waals surface area contributed by atoms with Gasteiger partial charge in [-0.2, -0.15) is 0 Å². The Morgan fingerprint density at radius 3 is 2.80 bits per heavy atom. The maximum Gasteiger partial charge on any atom is 0.165 e. The van der Waals surface area contributed by atoms with Crippen LogP contribution in [0.15, 0.2) is 30.9 Å². The zero-order valence-corrected chi connectivity index (χ0v) is 11.4. The second kappa shape index (κ2) is 5.07. The van der Waals surface area contributed by atoms with Crippen LogP contribution in [0.2, 0.25) is 5.02 Å². The summed E-state index contributed by atoms with van der Waals surface area (Å²) in [5.41, 5.74) is 14.6. The third kappa shape index (κ3) is 2.19. The molecule has 4 N–H and O–H groups in total. The molecule has 3 rings (SSSR count). The maximum atomic E-state index is 6.26. The Kier molecular flexibility index (Phi) is 3.25. The fourth-order valence-electron chi connectivity index (χ4n) is 2.04. The highest BCUT2D eigenvalue weighted by Gasteiger charge is 2.09. The fraction of sp³-hybridized carbons (Fsp3) is 0.154. The molecule has 0 amide bonds. The Morgan fingerprint density at radius 2 is 2.05 bits per heavy atom. The van der Waals surface area contributed by atoms with E-state index in [1.165, 1.54) is 6.33 Å². The Bertz CT molecular complexity index is 767. The number of anilines is 1. The summed E-state index contributed by atoms with van der Waals surface area (Å²) in [6, 6.07) is 5.80. The number of benzene rings is 1. The van der Waals surface area contributed by atoms with Crippen molar-refractivity contribution in [3.63, 3.8) is 0 Å². The molecule has 0 aliphatic heterocycles. The number of nitrogens with two attached hydrogens (primary N) is 2. The first-order valence-electron chi connectivity index (χ1n) is 6.07. The first-order chi connectivity index (χ1) is 9.69. The van der Waals surface area contributed by atoms with E-state index in [4.69, 9.17) is 23.1 Å². The lowest BCUT2D eigenvalue weighted by molar-refractivity contribution is 0.812. The van der Waals surface area contributed by atoms with Gasteiger partial charge in [0.25, 0.3) is 0 Å². The van der Waals surface area contributed by atoms with Crippen LogP contribution in [0.5, 0.6) is 0 Å². The second-order valence-electron chi connectivity index (χ2n) is 4.43. The molecule has 0 radical (unpaired) electrons. The third-order valence-electron chi connectivity index (χ3n) is 3.12. The molecule has 0 atom stereocenters. The van der Waals surface area contributed by atoms with Gasteiger partial charge in [0.1, 0.15) is 11.8 Å². The minimum absolute atomic E-state index is 0.373. The largest absolute Gasteiger partial charge is 0.382 e. The average Bonchev–Trinajstić information content (AvgIpc) is 2.86. The van der Waals surface area contributed by atoms with E-state index in [-0.39, 0.29) is 0 Å². The third-order valence-corrected chi connectivity index (χ3v) is 3.48. The predicted molar refractivity (Wildman–Crippen MR) is 78.2 cm³/mol. The molecule has 0 aliphatic carbocycles. The lowest BCUT2D eigenvalue weighted by Crippen LogP contribution is -2.02. The monoisotopic (exact) mass is 288 g/mol. The normalized spacial score (nSPS) is 11.1. The van der Waals surface area contributed by atoms with E-state index in [1.54, 1.807) is 6.33 Å². The van der Waals surface area contributed by atoms with Crippen LogP contribution in [-0.2, 0) is 13.1 Å². The molecule has 6 nitrogen and oxygen atoms in total. The van der Waals surface area contributed by atoms with Gasteiger partial charge in [0.15, 0.2) is 11.5 Å². The standard InChI is InChI=1S/C13H13ClN6/c14-10-3-8(4-15)1-2-9(10)5-20-7-19-11-12(16)17-6-18-13(11)20/h1-3,6-7H,4-5,15H2,(H2,16,17,18). The van der Waals surface area contributed by atoms with E-state index < -0.39 is 0 Å². The van der Waals surface area contributed by atoms with Crippen molar-refractivity contribution >= 4 is 28.6 Å². The molecule has 1 aromatic carbocycles. The van der Waals surface area contributed by atoms with E-state index in [9.17, 15) is 0 Å². The van der Waals surface area contributed by atoms with E-state index in [0.29, 0.717) is 35.1 Å². The summed E-state index contributed by atoms with van der Waals surface area (Å²) in [7, 11) is 0. The molecular formula is C13H13ClN6. The zero-order chi connectivity index (χ0) is 14.1. The first kappa shape index (κ1) is 12.8. The van der Waals surface area contributed by atoms with Crippen LogP contribution in [-0.4, -0.2) is 19.5 Å². The van der Waals surface area contributed by atoms with Crippen molar-refractivity contribution in [3.8, 4) is 0 Å². The van der Waals surface area contributed by atoms with Crippen LogP contribution in [0.4, 0.5) is 5.82 Å². The minimum Gasteiger partial charge on any atom is -0.382 e. The van der Waals surface area contributed by atoms with Crippen molar-refractivity contribution in [1.82, 2.24) is 19.5 Å². The van der Waals surface area contributed by atoms with E-state index in [0.717, 1.165) is 11.1 Å². The molecule has 0 spiro atoms. The van der Waals surface area contributed by atoms with Gasteiger partial charge < -0.3 is 16.0 Å². The van der Waals surface area contributed by atoms with Gasteiger partial charge in [-0.25, -0.2) is 15.0 Å². The summed E-state index contributed by atoms with van der Waals surface area (Å²) in [6.07, 6.45) is 3.11. The number of fused-ring (bicyclic) bond motifs is 1. The van der Waals surface area contributed by atoms with Crippen LogP contribution >= 0.6 is 11.6 Å². The van der Waals surface area contributed by atoms with Gasteiger partial charge in [0.05, 0.1) is 12.9 Å². The molecule has 7 heteroatoms. The zero-order valence-electron chi connectivity index (χ0n) is 10.6. The topological polar surface area (TPSA) is 95.6 Å². The molecule has 20 heavy (non-hydrogen) atoms. The van der Waals surface area contributed by atoms with Crippen molar-refractivity contribution in [2.45, 2.75) is 13.1 Å². The molecule has 0 saturated heterocycles. The smallest absolute Gasteiger partial charge is 0.165 e. The molecule has 0 saturated carbocycles. The number of imidazole rings is 1. The van der Waals surface area contributed by atoms with Crippen molar-refractivity contribution < 1.29 is 0 Å². The number of rotatable bonds is 3. The number of hydrogen-bond acceptors (Lipinski definition) is 5. The van der Waals surface area contributed by atoms with Gasteiger partial charge in [-0.3, -0.25) is 0 Å². The lowest BCUT2D eigenvalue weighted by atomic mass is 10.1. The van der Waals surface area contributed by atoms with Gasteiger partial charge in [-0.1, -0.05) is 23.7 Å². The van der Waals surface area contributed by atoms with Crippen molar-refractivity contribution in [2.24, 2.45) is 5.73 Å². The summed E-state index contributed by atoms with van der Waals surface area (Å²) in [5.74, 6) is 0.373. The number of hydrogen-bond donors (Lipinski definition) is 2. The number of halogens is 1. The summed E-state index contributed by atoms with van der Waals surface area (Å²) in [6.45, 7) is 1.04. The molecule has 0 unspecified atom stereocenters. The Balaban J connectivity index is 1.99. The molecule has 3 aromatic rings. The van der Waals surface area contributed by atoms with Crippen LogP contribution in [0.25, 0.3) is 11.2 Å². The van der Waals surface area contributed by atoms with Crippen molar-refractivity contribution in [1.29, 1.82) is 0 Å². The van der Waals surface area contributed by atoms with Gasteiger partial charge in [0.2, 0.25) is 0 Å². The Labute approximate surface area is 120 Å². The molecule has 0 aliphatic rings. The van der Waals surface area contributed by atoms with E-state index >= 15 is 0 Å². The lowest BCUT2D eigenvalue weighted by Gasteiger charge is -2.07. The highest BCUT2D eigenvalue weighted by atomic mass is 35.5. The molecule has 2 heterocycles. The Hall–Kier alpha value is -2.18. The summed E-state index contributed by atoms with van der Waals surface area (Å²) < 4.78 is 1.89. The minimum atomic E-state index is 0.373. The molecular weight excluding hydrogens is 276 g/mol. The fourth-order valence-corrected chi connectivity index (χ4v) is 2.31. The van der Waals surface area contributed by atoms with Gasteiger partial charge >= 0.3 is 0 Å². The van der Waals surface area contributed by atoms with E-state index in [1.807, 2.05) is 22.8 Å². The van der Waals surface area contributed by atoms with Crippen LogP contribution < -0.4 is 11.5 Å². The number of nitrogens with zero attached hydrogens (tertiary/aromatic N) is 4. The summed E-state index contributed by atoms with van der Waals surface area (Å²) in [4.78, 5) is 12.4. The van der Waals surface area contributed by atoms with Gasteiger partial charge in [-0.05, 0) is 17.2 Å². The van der Waals surface area contributed by atoms with Crippen LogP contribution in [0.3, 0.4) is 0 Å². The van der Waals surface area contributed by atoms with Crippen molar-refractivity contribution in [2.75, 3.05) is 5.73 Å².